The third-order valence-corrected chi connectivity index (χ3v) is 4.16. The highest BCUT2D eigenvalue weighted by atomic mass is 35.5. The zero-order valence-corrected chi connectivity index (χ0v) is 16.1. The van der Waals surface area contributed by atoms with Crippen molar-refractivity contribution < 1.29 is 27.9 Å². The Balaban J connectivity index is 2.07. The summed E-state index contributed by atoms with van der Waals surface area (Å²) >= 11 is 5.73. The zero-order valence-electron chi connectivity index (χ0n) is 15.4. The molecule has 0 aliphatic heterocycles. The number of halogens is 3. The van der Waals surface area contributed by atoms with Gasteiger partial charge in [0.2, 0.25) is 11.7 Å². The van der Waals surface area contributed by atoms with Crippen LogP contribution < -0.4 is 5.32 Å². The summed E-state index contributed by atoms with van der Waals surface area (Å²) in [6, 6.07) is 7.33. The fourth-order valence-electron chi connectivity index (χ4n) is 2.20. The first-order valence-corrected chi connectivity index (χ1v) is 8.78. The Hall–Kier alpha value is -2.80. The second kappa shape index (κ2) is 8.93. The smallest absolute Gasteiger partial charge is 0.340 e. The summed E-state index contributed by atoms with van der Waals surface area (Å²) in [6.07, 6.45) is -1.19. The summed E-state index contributed by atoms with van der Waals surface area (Å²) in [6.45, 7) is 4.85. The average Bonchev–Trinajstić information content (AvgIpc) is 2.64. The molecule has 0 bridgehead atoms. The number of rotatable bonds is 6. The van der Waals surface area contributed by atoms with E-state index in [1.165, 1.54) is 19.1 Å². The number of amides is 1. The van der Waals surface area contributed by atoms with Gasteiger partial charge in [-0.05, 0) is 43.3 Å². The number of benzene rings is 2. The molecular weight excluding hydrogens is 392 g/mol. The van der Waals surface area contributed by atoms with Crippen molar-refractivity contribution in [3.8, 4) is 0 Å². The minimum atomic E-state index is -1.26. The van der Waals surface area contributed by atoms with Crippen molar-refractivity contribution in [1.82, 2.24) is 0 Å². The van der Waals surface area contributed by atoms with Gasteiger partial charge >= 0.3 is 5.97 Å². The Labute approximate surface area is 165 Å². The predicted molar refractivity (Wildman–Crippen MR) is 100 cm³/mol. The van der Waals surface area contributed by atoms with Gasteiger partial charge in [-0.1, -0.05) is 25.4 Å². The van der Waals surface area contributed by atoms with Crippen LogP contribution in [-0.2, 0) is 9.53 Å². The lowest BCUT2D eigenvalue weighted by molar-refractivity contribution is -0.118. The standard InChI is InChI=1S/C20H18ClF2NO4/c1-10(2)19(26)24-13-6-4-12(5-7-13)18(25)11(3)28-20(27)14-8-16(22)17(23)9-15(14)21/h4-11H,1-3H3,(H,24,26). The van der Waals surface area contributed by atoms with E-state index < -0.39 is 29.5 Å². The summed E-state index contributed by atoms with van der Waals surface area (Å²) in [5, 5.41) is 2.36. The third kappa shape index (κ3) is 5.13. The second-order valence-electron chi connectivity index (χ2n) is 6.38. The van der Waals surface area contributed by atoms with Crippen LogP contribution in [0.15, 0.2) is 36.4 Å². The maximum Gasteiger partial charge on any atom is 0.340 e. The van der Waals surface area contributed by atoms with Crippen molar-refractivity contribution in [2.45, 2.75) is 26.9 Å². The Morgan fingerprint density at radius 3 is 2.14 bits per heavy atom. The van der Waals surface area contributed by atoms with Gasteiger partial charge < -0.3 is 10.1 Å². The van der Waals surface area contributed by atoms with Crippen molar-refractivity contribution in [3.63, 3.8) is 0 Å². The van der Waals surface area contributed by atoms with E-state index in [0.29, 0.717) is 17.8 Å². The van der Waals surface area contributed by atoms with Gasteiger partial charge in [0, 0.05) is 17.2 Å². The summed E-state index contributed by atoms with van der Waals surface area (Å²) < 4.78 is 31.4. The summed E-state index contributed by atoms with van der Waals surface area (Å²) in [4.78, 5) is 36.2. The van der Waals surface area contributed by atoms with Crippen molar-refractivity contribution >= 4 is 34.9 Å². The molecule has 0 saturated carbocycles. The number of hydrogen-bond acceptors (Lipinski definition) is 4. The van der Waals surface area contributed by atoms with E-state index in [2.05, 4.69) is 5.32 Å². The number of ether oxygens (including phenoxy) is 1. The molecule has 0 radical (unpaired) electrons. The number of ketones is 1. The number of nitrogens with one attached hydrogen (secondary N) is 1. The lowest BCUT2D eigenvalue weighted by Crippen LogP contribution is -2.25. The van der Waals surface area contributed by atoms with Gasteiger partial charge in [0.05, 0.1) is 10.6 Å². The summed E-state index contributed by atoms with van der Waals surface area (Å²) in [5.74, 6) is -4.36. The number of hydrogen-bond donors (Lipinski definition) is 1. The molecule has 8 heteroatoms. The van der Waals surface area contributed by atoms with Gasteiger partial charge in [-0.3, -0.25) is 9.59 Å². The highest BCUT2D eigenvalue weighted by Gasteiger charge is 2.23. The highest BCUT2D eigenvalue weighted by Crippen LogP contribution is 2.22. The van der Waals surface area contributed by atoms with Crippen LogP contribution in [0.4, 0.5) is 14.5 Å². The molecule has 2 rings (SSSR count). The molecule has 5 nitrogen and oxygen atoms in total. The molecule has 1 unspecified atom stereocenters. The quantitative estimate of drug-likeness (QED) is 0.428. The average molecular weight is 410 g/mol. The maximum absolute atomic E-state index is 13.3. The Morgan fingerprint density at radius 2 is 1.57 bits per heavy atom. The second-order valence-corrected chi connectivity index (χ2v) is 6.79. The molecule has 0 heterocycles. The molecule has 28 heavy (non-hydrogen) atoms. The van der Waals surface area contributed by atoms with Crippen LogP contribution >= 0.6 is 11.6 Å². The van der Waals surface area contributed by atoms with E-state index in [1.54, 1.807) is 26.0 Å². The lowest BCUT2D eigenvalue weighted by atomic mass is 10.1. The molecule has 0 fully saturated rings. The molecule has 1 amide bonds. The van der Waals surface area contributed by atoms with Crippen LogP contribution in [0, 0.1) is 17.6 Å². The normalized spacial score (nSPS) is 11.8. The number of carbonyl (C=O) groups is 3. The molecule has 0 aliphatic rings. The molecule has 148 valence electrons. The van der Waals surface area contributed by atoms with Gasteiger partial charge in [0.25, 0.3) is 0 Å². The highest BCUT2D eigenvalue weighted by molar-refractivity contribution is 6.33. The maximum atomic E-state index is 13.3. The SMILES string of the molecule is CC(C)C(=O)Nc1ccc(C(=O)C(C)OC(=O)c2cc(F)c(F)cc2Cl)cc1. The van der Waals surface area contributed by atoms with Crippen LogP contribution in [0.3, 0.4) is 0 Å². The fraction of sp³-hybridized carbons (Fsp3) is 0.250. The van der Waals surface area contributed by atoms with Crippen molar-refractivity contribution in [2.24, 2.45) is 5.92 Å². The van der Waals surface area contributed by atoms with Crippen LogP contribution in [0.25, 0.3) is 0 Å². The molecule has 0 spiro atoms. The largest absolute Gasteiger partial charge is 0.451 e. The van der Waals surface area contributed by atoms with Crippen LogP contribution in [0.2, 0.25) is 5.02 Å². The first kappa shape index (κ1) is 21.5. The minimum Gasteiger partial charge on any atom is -0.451 e. The summed E-state index contributed by atoms with van der Waals surface area (Å²) in [5.41, 5.74) is 0.389. The molecular formula is C20H18ClF2NO4. The van der Waals surface area contributed by atoms with Crippen molar-refractivity contribution in [3.05, 3.63) is 64.2 Å². The molecule has 0 aromatic heterocycles. The van der Waals surface area contributed by atoms with Gasteiger partial charge in [0.15, 0.2) is 17.7 Å². The Morgan fingerprint density at radius 1 is 1.00 bits per heavy atom. The lowest BCUT2D eigenvalue weighted by Gasteiger charge is -2.14. The predicted octanol–water partition coefficient (Wildman–Crippen LogP) is 4.64. The molecule has 2 aromatic rings. The Kier molecular flexibility index (Phi) is 6.85. The van der Waals surface area contributed by atoms with E-state index in [1.807, 2.05) is 0 Å². The minimum absolute atomic E-state index is 0.162. The number of esters is 1. The first-order chi connectivity index (χ1) is 13.1. The summed E-state index contributed by atoms with van der Waals surface area (Å²) in [7, 11) is 0. The molecule has 1 N–H and O–H groups in total. The van der Waals surface area contributed by atoms with E-state index in [4.69, 9.17) is 16.3 Å². The number of anilines is 1. The van der Waals surface area contributed by atoms with Crippen LogP contribution in [-0.4, -0.2) is 23.8 Å². The first-order valence-electron chi connectivity index (χ1n) is 8.40. The number of carbonyl (C=O) groups excluding carboxylic acids is 3. The third-order valence-electron chi connectivity index (χ3n) is 3.84. The topological polar surface area (TPSA) is 72.5 Å². The molecule has 2 aromatic carbocycles. The van der Waals surface area contributed by atoms with E-state index in [-0.39, 0.29) is 28.0 Å². The van der Waals surface area contributed by atoms with E-state index in [9.17, 15) is 23.2 Å². The van der Waals surface area contributed by atoms with Gasteiger partial charge in [-0.2, -0.15) is 0 Å². The van der Waals surface area contributed by atoms with Crippen LogP contribution in [0.1, 0.15) is 41.5 Å². The van der Waals surface area contributed by atoms with E-state index in [0.717, 1.165) is 0 Å². The number of Topliss-reactive ketones (excluding diaryl/α,β-unsaturated/α-hetero) is 1. The Bertz CT molecular complexity index is 913. The molecule has 0 aliphatic carbocycles. The van der Waals surface area contributed by atoms with Crippen molar-refractivity contribution in [1.29, 1.82) is 0 Å². The van der Waals surface area contributed by atoms with Gasteiger partial charge in [-0.15, -0.1) is 0 Å². The van der Waals surface area contributed by atoms with Crippen LogP contribution in [0.5, 0.6) is 0 Å². The molecule has 0 saturated heterocycles. The fourth-order valence-corrected chi connectivity index (χ4v) is 2.42. The monoisotopic (exact) mass is 409 g/mol. The van der Waals surface area contributed by atoms with Crippen molar-refractivity contribution in [2.75, 3.05) is 5.32 Å². The zero-order chi connectivity index (χ0) is 21.0. The van der Waals surface area contributed by atoms with E-state index >= 15 is 0 Å². The molecule has 1 atom stereocenters. The van der Waals surface area contributed by atoms with Gasteiger partial charge in [-0.25, -0.2) is 13.6 Å². The van der Waals surface area contributed by atoms with Gasteiger partial charge in [0.1, 0.15) is 0 Å².